The lowest BCUT2D eigenvalue weighted by Crippen LogP contribution is -2.63. The van der Waals surface area contributed by atoms with Crippen molar-refractivity contribution in [2.24, 2.45) is 39.4 Å². The molecule has 6 unspecified atom stereocenters. The minimum atomic E-state index is -1.26. The monoisotopic (exact) mass is 795 g/mol. The van der Waals surface area contributed by atoms with Crippen molar-refractivity contribution < 1.29 is 29.3 Å². The number of benzene rings is 1. The lowest BCUT2D eigenvalue weighted by molar-refractivity contribution is -0.181. The number of aryl methyl sites for hydroxylation is 1. The lowest BCUT2D eigenvalue weighted by Gasteiger charge is -2.58. The van der Waals surface area contributed by atoms with Crippen molar-refractivity contribution in [1.82, 2.24) is 4.90 Å². The number of thiophene rings is 1. The van der Waals surface area contributed by atoms with Crippen molar-refractivity contribution in [2.45, 2.75) is 161 Å². The second-order valence-electron chi connectivity index (χ2n) is 21.4. The number of hydrogen-bond acceptors (Lipinski definition) is 7. The van der Waals surface area contributed by atoms with Crippen molar-refractivity contribution in [2.75, 3.05) is 13.1 Å². The molecule has 6 atom stereocenters. The van der Waals surface area contributed by atoms with Crippen LogP contribution in [0.2, 0.25) is 0 Å². The van der Waals surface area contributed by atoms with Crippen LogP contribution in [0.5, 0.6) is 0 Å². The Kier molecular flexibility index (Phi) is 9.46. The van der Waals surface area contributed by atoms with Gasteiger partial charge >= 0.3 is 5.97 Å². The number of ether oxygens (including phenoxy) is 1. The van der Waals surface area contributed by atoms with Gasteiger partial charge in [-0.05, 0) is 175 Å². The third-order valence-electron chi connectivity index (χ3n) is 17.7. The summed E-state index contributed by atoms with van der Waals surface area (Å²) in [4.78, 5) is 47.6. The number of carbonyl (C=O) groups is 3. The molecular formula is C49H65NO6S. The van der Waals surface area contributed by atoms with Gasteiger partial charge in [-0.25, -0.2) is 0 Å². The summed E-state index contributed by atoms with van der Waals surface area (Å²) in [5, 5.41) is 24.7. The molecule has 1 saturated heterocycles. The predicted octanol–water partition coefficient (Wildman–Crippen LogP) is 9.49. The Morgan fingerprint density at radius 2 is 1.60 bits per heavy atom. The second kappa shape index (κ2) is 13.6. The van der Waals surface area contributed by atoms with E-state index in [9.17, 15) is 19.8 Å². The molecule has 1 amide bonds. The molecule has 1 aliphatic heterocycles. The number of allylic oxidation sites excluding steroid dienone is 2. The van der Waals surface area contributed by atoms with Crippen LogP contribution < -0.4 is 0 Å². The number of carbonyl (C=O) groups excluding carboxylic acids is 3. The van der Waals surface area contributed by atoms with Gasteiger partial charge in [-0.3, -0.25) is 14.4 Å². The Bertz CT molecular complexity index is 1980. The zero-order chi connectivity index (χ0) is 40.3. The first-order valence-electron chi connectivity index (χ1n) is 22.2. The Morgan fingerprint density at radius 3 is 2.21 bits per heavy atom. The Morgan fingerprint density at radius 1 is 0.895 bits per heavy atom. The number of hydrogen-bond donors (Lipinski definition) is 2. The number of aliphatic hydroxyl groups excluding tert-OH is 1. The molecule has 1 aromatic heterocycles. The number of ketones is 1. The third-order valence-corrected chi connectivity index (χ3v) is 18.7. The Hall–Kier alpha value is -2.81. The molecular weight excluding hydrogens is 731 g/mol. The molecule has 2 heterocycles. The standard InChI is InChI=1S/C49H65NO6S/c1-30-8-7-16-45(5)39(37-13-11-32(23-36(51)12-9-30)24-38(37)41(52)40-14-10-31(2)57-40)15-17-48(45,55)29-50(28-47-25-33-20-34(26-47)22-35(21-33)27-47)42(53)49-19-18-46(6,43(54)56-49)44(49,3)4/h8,10-11,13-14,24,33-36,39,51,55H,7,9,12,15-23,25-29H2,1-6H3. The van der Waals surface area contributed by atoms with Crippen LogP contribution in [-0.4, -0.2) is 63.2 Å². The molecule has 8 bridgehead atoms. The topological polar surface area (TPSA) is 104 Å². The minimum Gasteiger partial charge on any atom is -0.448 e. The summed E-state index contributed by atoms with van der Waals surface area (Å²) in [6.07, 6.45) is 14.7. The van der Waals surface area contributed by atoms with E-state index in [0.717, 1.165) is 48.1 Å². The summed E-state index contributed by atoms with van der Waals surface area (Å²) >= 11 is 1.51. The van der Waals surface area contributed by atoms with Crippen LogP contribution in [0.15, 0.2) is 42.0 Å². The molecule has 11 rings (SSSR count). The lowest BCUT2D eigenvalue weighted by atomic mass is 9.49. The highest BCUT2D eigenvalue weighted by molar-refractivity contribution is 7.14. The molecule has 57 heavy (non-hydrogen) atoms. The number of nitrogens with zero attached hydrogens (tertiary/aromatic N) is 1. The maximum absolute atomic E-state index is 15.7. The Labute approximate surface area is 344 Å². The minimum absolute atomic E-state index is 0.00709. The normalized spacial score (nSPS) is 40.5. The van der Waals surface area contributed by atoms with E-state index in [-0.39, 0.29) is 35.5 Å². The predicted molar refractivity (Wildman–Crippen MR) is 223 cm³/mol. The molecule has 9 aliphatic rings. The zero-order valence-corrected chi connectivity index (χ0v) is 36.1. The highest BCUT2D eigenvalue weighted by Gasteiger charge is 2.76. The van der Waals surface area contributed by atoms with Crippen LogP contribution in [0.4, 0.5) is 0 Å². The highest BCUT2D eigenvalue weighted by atomic mass is 32.1. The average molecular weight is 796 g/mol. The number of esters is 1. The van der Waals surface area contributed by atoms with Crippen molar-refractivity contribution in [3.8, 4) is 0 Å². The van der Waals surface area contributed by atoms with E-state index < -0.39 is 33.6 Å². The van der Waals surface area contributed by atoms with E-state index in [1.165, 1.54) is 36.2 Å². The van der Waals surface area contributed by atoms with Gasteiger partial charge in [-0.2, -0.15) is 0 Å². The largest absolute Gasteiger partial charge is 0.448 e. The number of rotatable bonds is 7. The number of amides is 1. The molecule has 6 saturated carbocycles. The SMILES string of the molecule is CC1=CCCC2(C)C(CCC2(O)CN(CC23CC4CC(CC(C4)C2)C3)C(=O)C23CCC(C)(C(=O)O2)C3(C)C)c2ccc(cc2C(=O)c2ccc(C)s2)CC(O)CC1. The van der Waals surface area contributed by atoms with E-state index in [4.69, 9.17) is 4.74 Å². The fraction of sp³-hybridized carbons (Fsp3) is 0.694. The molecule has 7 fully saturated rings. The fourth-order valence-electron chi connectivity index (χ4n) is 14.3. The molecule has 2 aromatic rings. The van der Waals surface area contributed by atoms with Crippen LogP contribution in [-0.2, 0) is 20.7 Å². The Balaban J connectivity index is 1.13. The van der Waals surface area contributed by atoms with Gasteiger partial charge in [0.1, 0.15) is 0 Å². The van der Waals surface area contributed by atoms with Crippen LogP contribution in [0.25, 0.3) is 0 Å². The van der Waals surface area contributed by atoms with Crippen molar-refractivity contribution in [3.63, 3.8) is 0 Å². The van der Waals surface area contributed by atoms with Gasteiger partial charge in [-0.15, -0.1) is 11.3 Å². The number of fused-ring (bicyclic) bond motifs is 10. The van der Waals surface area contributed by atoms with E-state index >= 15 is 4.79 Å². The summed E-state index contributed by atoms with van der Waals surface area (Å²) in [6, 6.07) is 10.1. The van der Waals surface area contributed by atoms with E-state index in [1.54, 1.807) is 0 Å². The van der Waals surface area contributed by atoms with Gasteiger partial charge in [0, 0.05) is 27.8 Å². The molecule has 1 aromatic carbocycles. The molecule has 308 valence electrons. The fourth-order valence-corrected chi connectivity index (χ4v) is 15.1. The summed E-state index contributed by atoms with van der Waals surface area (Å²) < 4.78 is 6.32. The quantitative estimate of drug-likeness (QED) is 0.165. The van der Waals surface area contributed by atoms with Crippen molar-refractivity contribution in [3.05, 3.63) is 68.4 Å². The summed E-state index contributed by atoms with van der Waals surface area (Å²) in [6.45, 7) is 13.2. The molecule has 2 N–H and O–H groups in total. The first kappa shape index (κ1) is 39.6. The van der Waals surface area contributed by atoms with Crippen molar-refractivity contribution >= 4 is 29.0 Å². The summed E-state index contributed by atoms with van der Waals surface area (Å²) in [5.74, 6) is 1.61. The molecule has 8 aliphatic carbocycles. The van der Waals surface area contributed by atoms with Crippen LogP contribution >= 0.6 is 11.3 Å². The maximum Gasteiger partial charge on any atom is 0.313 e. The van der Waals surface area contributed by atoms with E-state index in [0.29, 0.717) is 79.7 Å². The highest BCUT2D eigenvalue weighted by Crippen LogP contribution is 2.67. The van der Waals surface area contributed by atoms with Gasteiger partial charge in [0.2, 0.25) is 5.78 Å². The number of aliphatic hydroxyl groups is 2. The zero-order valence-electron chi connectivity index (χ0n) is 35.3. The van der Waals surface area contributed by atoms with E-state index in [1.807, 2.05) is 36.9 Å². The van der Waals surface area contributed by atoms with Gasteiger partial charge in [0.05, 0.1) is 28.5 Å². The summed E-state index contributed by atoms with van der Waals surface area (Å²) in [5.41, 5.74) is -0.781. The third kappa shape index (κ3) is 6.10. The first-order chi connectivity index (χ1) is 26.9. The van der Waals surface area contributed by atoms with Crippen LogP contribution in [0.3, 0.4) is 0 Å². The van der Waals surface area contributed by atoms with Crippen LogP contribution in [0.1, 0.15) is 162 Å². The van der Waals surface area contributed by atoms with Gasteiger partial charge in [-0.1, -0.05) is 44.6 Å². The maximum atomic E-state index is 15.7. The average Bonchev–Trinajstić information content (AvgIpc) is 3.79. The second-order valence-corrected chi connectivity index (χ2v) is 22.7. The molecule has 0 radical (unpaired) electrons. The summed E-state index contributed by atoms with van der Waals surface area (Å²) in [7, 11) is 0. The van der Waals surface area contributed by atoms with Gasteiger partial charge in [0.15, 0.2) is 5.60 Å². The molecule has 7 nitrogen and oxygen atoms in total. The van der Waals surface area contributed by atoms with Gasteiger partial charge < -0.3 is 19.8 Å². The van der Waals surface area contributed by atoms with Gasteiger partial charge in [0.25, 0.3) is 5.91 Å². The smallest absolute Gasteiger partial charge is 0.313 e. The first-order valence-corrected chi connectivity index (χ1v) is 23.0. The molecule has 0 spiro atoms. The molecule has 8 heteroatoms. The van der Waals surface area contributed by atoms with E-state index in [2.05, 4.69) is 45.9 Å². The van der Waals surface area contributed by atoms with Crippen molar-refractivity contribution in [1.29, 1.82) is 0 Å². The van der Waals surface area contributed by atoms with Crippen LogP contribution in [0, 0.1) is 46.3 Å².